The maximum atomic E-state index is 13.6. The molecule has 40 heavy (non-hydrogen) atoms. The number of nitrogens with zero attached hydrogens (tertiary/aromatic N) is 2. The molecule has 1 aromatic carbocycles. The van der Waals surface area contributed by atoms with E-state index >= 15 is 0 Å². The first-order chi connectivity index (χ1) is 19.3. The molecule has 2 saturated heterocycles. The van der Waals surface area contributed by atoms with Gasteiger partial charge in [-0.15, -0.1) is 11.8 Å². The van der Waals surface area contributed by atoms with Crippen molar-refractivity contribution < 1.29 is 22.6 Å². The van der Waals surface area contributed by atoms with Crippen LogP contribution in [0, 0.1) is 17.8 Å². The van der Waals surface area contributed by atoms with Gasteiger partial charge in [-0.2, -0.15) is 13.2 Å². The third-order valence-electron chi connectivity index (χ3n) is 7.31. The van der Waals surface area contributed by atoms with Gasteiger partial charge in [-0.1, -0.05) is 18.1 Å². The van der Waals surface area contributed by atoms with E-state index < -0.39 is 12.7 Å². The van der Waals surface area contributed by atoms with Crippen molar-refractivity contribution in [2.24, 2.45) is 11.7 Å². The Morgan fingerprint density at radius 2 is 2.02 bits per heavy atom. The predicted octanol–water partition coefficient (Wildman–Crippen LogP) is 3.78. The standard InChI is InChI=1S/C30H37F3N4O2S/c1-38-29-18-26(40-2)8-9-27(29)35-13-4-6-24-17-23(19-34)28(37(24)21-30(31,32)33)7-3-5-22-10-14-36(15-11-22)25-12-16-39-20-25/h3,5,7-9,17-19,22,25,35H,10-16,20-21,34H2,1-2H3/b5-3-,23-19+,28-7+. The molecule has 2 aromatic rings. The molecule has 216 valence electrons. The second-order valence-electron chi connectivity index (χ2n) is 9.90. The van der Waals surface area contributed by atoms with E-state index in [9.17, 15) is 13.2 Å². The number of hydrogen-bond acceptors (Lipinski definition) is 6. The summed E-state index contributed by atoms with van der Waals surface area (Å²) in [6.07, 6.45) is 7.70. The number of rotatable bonds is 8. The lowest BCUT2D eigenvalue weighted by molar-refractivity contribution is -0.141. The molecule has 6 nitrogen and oxygen atoms in total. The second kappa shape index (κ2) is 14.1. The van der Waals surface area contributed by atoms with Gasteiger partial charge < -0.3 is 25.1 Å². The van der Waals surface area contributed by atoms with Crippen LogP contribution in [0.4, 0.5) is 18.9 Å². The number of nitrogens with one attached hydrogen (secondary N) is 1. The van der Waals surface area contributed by atoms with Crippen molar-refractivity contribution in [1.29, 1.82) is 0 Å². The van der Waals surface area contributed by atoms with Crippen LogP contribution in [-0.2, 0) is 11.3 Å². The van der Waals surface area contributed by atoms with Crippen molar-refractivity contribution in [3.05, 3.63) is 52.7 Å². The first-order valence-corrected chi connectivity index (χ1v) is 14.7. The molecule has 0 saturated carbocycles. The van der Waals surface area contributed by atoms with E-state index in [1.807, 2.05) is 30.5 Å². The number of anilines is 1. The fourth-order valence-electron chi connectivity index (χ4n) is 5.17. The molecular weight excluding hydrogens is 537 g/mol. The van der Waals surface area contributed by atoms with Crippen molar-refractivity contribution in [3.8, 4) is 17.6 Å². The average molecular weight is 575 g/mol. The van der Waals surface area contributed by atoms with Gasteiger partial charge in [-0.05, 0) is 80.8 Å². The van der Waals surface area contributed by atoms with Gasteiger partial charge in [-0.25, -0.2) is 0 Å². The number of methoxy groups -OCH3 is 1. The first kappa shape index (κ1) is 30.0. The fraction of sp³-hybridized carbons (Fsp3) is 0.467. The first-order valence-electron chi connectivity index (χ1n) is 13.4. The zero-order valence-corrected chi connectivity index (χ0v) is 23.8. The van der Waals surface area contributed by atoms with Gasteiger partial charge in [0, 0.05) is 29.0 Å². The summed E-state index contributed by atoms with van der Waals surface area (Å²) in [5.74, 6) is 6.91. The number of allylic oxidation sites excluding steroid dienone is 2. The molecule has 2 aliphatic heterocycles. The lowest BCUT2D eigenvalue weighted by atomic mass is 9.95. The maximum absolute atomic E-state index is 13.6. The Hall–Kier alpha value is -3.00. The lowest BCUT2D eigenvalue weighted by Gasteiger charge is -2.34. The molecule has 4 rings (SSSR count). The van der Waals surface area contributed by atoms with Crippen LogP contribution in [0.2, 0.25) is 0 Å². The highest BCUT2D eigenvalue weighted by Gasteiger charge is 2.29. The monoisotopic (exact) mass is 574 g/mol. The topological polar surface area (TPSA) is 64.7 Å². The van der Waals surface area contributed by atoms with Gasteiger partial charge in [0.1, 0.15) is 12.3 Å². The van der Waals surface area contributed by atoms with E-state index in [2.05, 4.69) is 28.1 Å². The largest absolute Gasteiger partial charge is 0.495 e. The summed E-state index contributed by atoms with van der Waals surface area (Å²) in [7, 11) is 1.59. The van der Waals surface area contributed by atoms with E-state index in [-0.39, 0.29) is 12.2 Å². The van der Waals surface area contributed by atoms with Crippen LogP contribution in [0.5, 0.6) is 5.75 Å². The van der Waals surface area contributed by atoms with E-state index in [1.165, 1.54) is 10.8 Å². The van der Waals surface area contributed by atoms with Gasteiger partial charge in [-0.3, -0.25) is 4.90 Å². The zero-order valence-electron chi connectivity index (χ0n) is 23.0. The number of alkyl halides is 3. The van der Waals surface area contributed by atoms with Gasteiger partial charge in [0.15, 0.2) is 0 Å². The molecule has 0 amide bonds. The van der Waals surface area contributed by atoms with Crippen LogP contribution < -0.4 is 26.4 Å². The van der Waals surface area contributed by atoms with Crippen LogP contribution >= 0.6 is 11.8 Å². The van der Waals surface area contributed by atoms with Crippen LogP contribution in [-0.4, -0.2) is 67.9 Å². The summed E-state index contributed by atoms with van der Waals surface area (Å²) < 4.78 is 52.8. The van der Waals surface area contributed by atoms with E-state index in [4.69, 9.17) is 15.2 Å². The zero-order chi connectivity index (χ0) is 28.5. The number of thioether (sulfide) groups is 1. The Balaban J connectivity index is 1.50. The quantitative estimate of drug-likeness (QED) is 0.370. The van der Waals surface area contributed by atoms with Gasteiger partial charge in [0.2, 0.25) is 0 Å². The minimum absolute atomic E-state index is 0.235. The Labute approximate surface area is 238 Å². The molecule has 2 fully saturated rings. The van der Waals surface area contributed by atoms with E-state index in [1.54, 1.807) is 31.0 Å². The van der Waals surface area contributed by atoms with Crippen LogP contribution in [0.15, 0.2) is 41.3 Å². The molecule has 1 unspecified atom stereocenters. The summed E-state index contributed by atoms with van der Waals surface area (Å²) in [4.78, 5) is 3.55. The molecule has 0 bridgehead atoms. The molecule has 1 aromatic heterocycles. The molecule has 3 heterocycles. The van der Waals surface area contributed by atoms with Crippen LogP contribution in [0.25, 0.3) is 12.3 Å². The Morgan fingerprint density at radius 3 is 2.67 bits per heavy atom. The molecule has 1 atom stereocenters. The Morgan fingerprint density at radius 1 is 1.23 bits per heavy atom. The highest BCUT2D eigenvalue weighted by molar-refractivity contribution is 7.98. The molecule has 2 aliphatic rings. The number of ether oxygens (including phenoxy) is 2. The van der Waals surface area contributed by atoms with Crippen molar-refractivity contribution >= 4 is 29.7 Å². The SMILES string of the molecule is COc1cc(SC)ccc1NCC#Cc1cc(=C\N)/c(=C\C=C/C2CCN(C3CCOC3)CC2)n1CC(F)(F)F. The van der Waals surface area contributed by atoms with Crippen molar-refractivity contribution in [3.63, 3.8) is 0 Å². The highest BCUT2D eigenvalue weighted by atomic mass is 32.2. The summed E-state index contributed by atoms with van der Waals surface area (Å²) in [6.45, 7) is 2.75. The third kappa shape index (κ3) is 8.03. The minimum atomic E-state index is -4.41. The van der Waals surface area contributed by atoms with E-state index in [0.717, 1.165) is 56.1 Å². The Kier molecular flexibility index (Phi) is 10.5. The second-order valence-corrected chi connectivity index (χ2v) is 10.8. The molecule has 0 aliphatic carbocycles. The van der Waals surface area contributed by atoms with Crippen molar-refractivity contribution in [1.82, 2.24) is 9.47 Å². The number of nitrogens with two attached hydrogens (primary N) is 1. The molecule has 0 spiro atoms. The summed E-state index contributed by atoms with van der Waals surface area (Å²) in [5.41, 5.74) is 6.84. The van der Waals surface area contributed by atoms with Gasteiger partial charge in [0.05, 0.1) is 37.0 Å². The number of hydrogen-bond donors (Lipinski definition) is 2. The average Bonchev–Trinajstić information content (AvgIpc) is 3.59. The minimum Gasteiger partial charge on any atom is -0.495 e. The highest BCUT2D eigenvalue weighted by Crippen LogP contribution is 2.29. The maximum Gasteiger partial charge on any atom is 0.406 e. The van der Waals surface area contributed by atoms with E-state index in [0.29, 0.717) is 28.3 Å². The number of aromatic nitrogens is 1. The van der Waals surface area contributed by atoms with Crippen LogP contribution in [0.3, 0.4) is 0 Å². The van der Waals surface area contributed by atoms with Crippen LogP contribution in [0.1, 0.15) is 25.0 Å². The predicted molar refractivity (Wildman–Crippen MR) is 156 cm³/mol. The molecule has 0 radical (unpaired) electrons. The molecular formula is C30H37F3N4O2S. The smallest absolute Gasteiger partial charge is 0.406 e. The third-order valence-corrected chi connectivity index (χ3v) is 8.04. The summed E-state index contributed by atoms with van der Waals surface area (Å²) in [6, 6.07) is 7.90. The van der Waals surface area contributed by atoms with Gasteiger partial charge in [0.25, 0.3) is 0 Å². The Bertz CT molecular complexity index is 1350. The molecule has 10 heteroatoms. The lowest BCUT2D eigenvalue weighted by Crippen LogP contribution is -2.41. The summed E-state index contributed by atoms with van der Waals surface area (Å²) in [5, 5.41) is 4.08. The number of piperidine rings is 1. The number of halogens is 3. The normalized spacial score (nSPS) is 19.8. The van der Waals surface area contributed by atoms with Crippen molar-refractivity contribution in [2.75, 3.05) is 51.5 Å². The van der Waals surface area contributed by atoms with Crippen molar-refractivity contribution in [2.45, 2.75) is 42.9 Å². The number of likely N-dealkylation sites (tertiary alicyclic amines) is 1. The molecule has 3 N–H and O–H groups in total. The summed E-state index contributed by atoms with van der Waals surface area (Å²) >= 11 is 1.61. The number of benzene rings is 1. The fourth-order valence-corrected chi connectivity index (χ4v) is 5.60. The van der Waals surface area contributed by atoms with Gasteiger partial charge >= 0.3 is 6.18 Å².